The first kappa shape index (κ1) is 55.2. The Labute approximate surface area is 351 Å². The maximum Gasteiger partial charge on any atom is 0.268 e. The van der Waals surface area contributed by atoms with Crippen LogP contribution in [-0.4, -0.2) is 68.5 Å². The number of nitrogens with zero attached hydrogens (tertiary/aromatic N) is 1. The molecule has 0 heterocycles. The molecule has 9 heteroatoms. The third-order valence-corrected chi connectivity index (χ3v) is 11.0. The number of aliphatic hydroxyl groups excluding tert-OH is 1. The molecule has 0 radical (unpaired) electrons. The van der Waals surface area contributed by atoms with E-state index in [2.05, 4.69) is 79.9 Å². The van der Waals surface area contributed by atoms with E-state index in [4.69, 9.17) is 9.05 Å². The Hall–Kier alpha value is -1.80. The van der Waals surface area contributed by atoms with Gasteiger partial charge in [0.05, 0.1) is 39.9 Å². The first-order valence-electron chi connectivity index (χ1n) is 23.1. The molecule has 2 N–H and O–H groups in total. The molecule has 0 fully saturated rings. The molecule has 0 aliphatic rings. The topological polar surface area (TPSA) is 108 Å². The average molecular weight is 821 g/mol. The van der Waals surface area contributed by atoms with Crippen LogP contribution < -0.4 is 10.2 Å². The zero-order valence-corrected chi connectivity index (χ0v) is 38.4. The normalized spacial score (nSPS) is 14.9. The Morgan fingerprint density at radius 3 is 1.56 bits per heavy atom. The fourth-order valence-electron chi connectivity index (χ4n) is 6.36. The van der Waals surface area contributed by atoms with Crippen molar-refractivity contribution in [1.29, 1.82) is 0 Å². The van der Waals surface area contributed by atoms with E-state index < -0.39 is 20.0 Å². The lowest BCUT2D eigenvalue weighted by molar-refractivity contribution is -0.870. The number of rotatable bonds is 41. The Morgan fingerprint density at radius 2 is 1.07 bits per heavy atom. The number of phosphoric acid groups is 1. The minimum Gasteiger partial charge on any atom is -0.756 e. The minimum absolute atomic E-state index is 0.00696. The van der Waals surface area contributed by atoms with Gasteiger partial charge in [-0.2, -0.15) is 0 Å². The van der Waals surface area contributed by atoms with Gasteiger partial charge in [0.1, 0.15) is 13.2 Å². The van der Waals surface area contributed by atoms with Crippen molar-refractivity contribution in [3.05, 3.63) is 60.8 Å². The zero-order chi connectivity index (χ0) is 42.1. The number of unbranched alkanes of at least 4 members (excludes halogenated alkanes) is 18. The first-order valence-corrected chi connectivity index (χ1v) is 24.6. The summed E-state index contributed by atoms with van der Waals surface area (Å²) in [7, 11) is 1.29. The SMILES string of the molecule is CC/C=C\C/C=C\C/C=C\C/C=C\C/C=C\CCCCCCCCCC(=O)NC(COP(=O)([O-])OCC[N+](C)(C)C)C(O)CCCCCCCCCCCCCC. The first-order chi connectivity index (χ1) is 27.5. The van der Waals surface area contributed by atoms with Gasteiger partial charge in [0.15, 0.2) is 0 Å². The Balaban J connectivity index is 4.31. The second kappa shape index (κ2) is 39.6. The molecule has 332 valence electrons. The van der Waals surface area contributed by atoms with Crippen LogP contribution in [-0.2, 0) is 18.4 Å². The lowest BCUT2D eigenvalue weighted by Crippen LogP contribution is -2.46. The van der Waals surface area contributed by atoms with Crippen molar-refractivity contribution in [3.63, 3.8) is 0 Å². The fraction of sp³-hybridized carbons (Fsp3) is 0.771. The summed E-state index contributed by atoms with van der Waals surface area (Å²) in [5.41, 5.74) is 0. The molecular formula is C48H89N2O6P. The number of likely N-dealkylation sites (N-methyl/N-ethyl adjacent to an activating group) is 1. The van der Waals surface area contributed by atoms with E-state index in [0.717, 1.165) is 83.5 Å². The standard InChI is InChI=1S/C48H89N2O6P/c1-6-8-10-12-14-16-18-20-21-22-23-24-25-26-27-28-29-30-32-34-36-38-40-42-48(52)49-46(45-56-57(53,54)55-44-43-50(3,4)5)47(51)41-39-37-35-33-31-19-17-15-13-11-9-7-2/h8,10,14,16,20-21,23-24,26-27,46-47,51H,6-7,9,11-13,15,17-19,22,25,28-45H2,1-5H3,(H-,49,52,53,54)/b10-8-,16-14-,21-20-,24-23-,27-26-. The van der Waals surface area contributed by atoms with Crippen LogP contribution in [0.15, 0.2) is 60.8 Å². The lowest BCUT2D eigenvalue weighted by Gasteiger charge is -2.30. The summed E-state index contributed by atoms with van der Waals surface area (Å²) in [4.78, 5) is 25.3. The molecule has 0 aromatic heterocycles. The van der Waals surface area contributed by atoms with Gasteiger partial charge in [0.25, 0.3) is 7.82 Å². The maximum absolute atomic E-state index is 12.9. The van der Waals surface area contributed by atoms with Crippen molar-refractivity contribution < 1.29 is 32.9 Å². The van der Waals surface area contributed by atoms with Crippen LogP contribution in [0, 0.1) is 0 Å². The highest BCUT2D eigenvalue weighted by Gasteiger charge is 2.24. The van der Waals surface area contributed by atoms with Gasteiger partial charge in [0, 0.05) is 6.42 Å². The number of allylic oxidation sites excluding steroid dienone is 10. The predicted molar refractivity (Wildman–Crippen MR) is 242 cm³/mol. The van der Waals surface area contributed by atoms with E-state index in [-0.39, 0.29) is 19.1 Å². The summed E-state index contributed by atoms with van der Waals surface area (Å²) < 4.78 is 23.3. The molecule has 0 saturated heterocycles. The predicted octanol–water partition coefficient (Wildman–Crippen LogP) is 12.4. The van der Waals surface area contributed by atoms with E-state index in [9.17, 15) is 19.4 Å². The monoisotopic (exact) mass is 821 g/mol. The molecule has 0 aliphatic carbocycles. The summed E-state index contributed by atoms with van der Waals surface area (Å²) in [5, 5.41) is 13.9. The van der Waals surface area contributed by atoms with Crippen LogP contribution in [0.25, 0.3) is 0 Å². The molecule has 0 spiro atoms. The highest BCUT2D eigenvalue weighted by atomic mass is 31.2. The highest BCUT2D eigenvalue weighted by molar-refractivity contribution is 7.45. The number of amides is 1. The van der Waals surface area contributed by atoms with Crippen LogP contribution in [0.1, 0.15) is 187 Å². The highest BCUT2D eigenvalue weighted by Crippen LogP contribution is 2.38. The molecular weight excluding hydrogens is 732 g/mol. The fourth-order valence-corrected chi connectivity index (χ4v) is 7.08. The van der Waals surface area contributed by atoms with Gasteiger partial charge >= 0.3 is 0 Å². The number of quaternary nitrogens is 1. The van der Waals surface area contributed by atoms with E-state index in [1.54, 1.807) is 0 Å². The number of hydrogen-bond donors (Lipinski definition) is 2. The summed E-state index contributed by atoms with van der Waals surface area (Å²) in [6.45, 7) is 4.58. The molecule has 3 unspecified atom stereocenters. The van der Waals surface area contributed by atoms with Gasteiger partial charge in [-0.3, -0.25) is 9.36 Å². The summed E-state index contributed by atoms with van der Waals surface area (Å²) >= 11 is 0. The van der Waals surface area contributed by atoms with Gasteiger partial charge in [-0.1, -0.05) is 184 Å². The van der Waals surface area contributed by atoms with Crippen LogP contribution in [0.3, 0.4) is 0 Å². The van der Waals surface area contributed by atoms with Crippen molar-refractivity contribution in [3.8, 4) is 0 Å². The molecule has 1 amide bonds. The lowest BCUT2D eigenvalue weighted by atomic mass is 10.0. The van der Waals surface area contributed by atoms with E-state index in [1.807, 2.05) is 21.1 Å². The van der Waals surface area contributed by atoms with Crippen LogP contribution in [0.5, 0.6) is 0 Å². The van der Waals surface area contributed by atoms with Crippen molar-refractivity contribution in [2.75, 3.05) is 40.9 Å². The quantitative estimate of drug-likeness (QED) is 0.0275. The van der Waals surface area contributed by atoms with Crippen LogP contribution >= 0.6 is 7.82 Å². The summed E-state index contributed by atoms with van der Waals surface area (Å²) in [6, 6.07) is -0.808. The van der Waals surface area contributed by atoms with Crippen molar-refractivity contribution in [1.82, 2.24) is 5.32 Å². The van der Waals surface area contributed by atoms with Crippen molar-refractivity contribution in [2.24, 2.45) is 0 Å². The summed E-state index contributed by atoms with van der Waals surface area (Å²) in [6.07, 6.45) is 50.8. The molecule has 0 bridgehead atoms. The number of carbonyl (C=O) groups excluding carboxylic acids is 1. The van der Waals surface area contributed by atoms with Gasteiger partial charge in [-0.15, -0.1) is 0 Å². The maximum atomic E-state index is 12.9. The molecule has 0 aliphatic heterocycles. The number of hydrogen-bond acceptors (Lipinski definition) is 6. The van der Waals surface area contributed by atoms with Crippen LogP contribution in [0.4, 0.5) is 0 Å². The van der Waals surface area contributed by atoms with E-state index in [1.165, 1.54) is 77.0 Å². The number of aliphatic hydroxyl groups is 1. The third-order valence-electron chi connectivity index (χ3n) is 10.0. The van der Waals surface area contributed by atoms with Gasteiger partial charge < -0.3 is 28.8 Å². The smallest absolute Gasteiger partial charge is 0.268 e. The third kappa shape index (κ3) is 42.1. The molecule has 0 rings (SSSR count). The van der Waals surface area contributed by atoms with Gasteiger partial charge in [-0.05, 0) is 57.8 Å². The zero-order valence-electron chi connectivity index (χ0n) is 37.5. The Kier molecular flexibility index (Phi) is 38.4. The molecule has 0 saturated carbocycles. The van der Waals surface area contributed by atoms with E-state index >= 15 is 0 Å². The van der Waals surface area contributed by atoms with Crippen molar-refractivity contribution >= 4 is 13.7 Å². The Bertz CT molecular complexity index is 1110. The minimum atomic E-state index is -4.57. The van der Waals surface area contributed by atoms with Crippen LogP contribution in [0.2, 0.25) is 0 Å². The van der Waals surface area contributed by atoms with E-state index in [0.29, 0.717) is 23.9 Å². The molecule has 57 heavy (non-hydrogen) atoms. The number of phosphoric ester groups is 1. The molecule has 0 aromatic carbocycles. The second-order valence-electron chi connectivity index (χ2n) is 16.7. The summed E-state index contributed by atoms with van der Waals surface area (Å²) in [5.74, 6) is -0.180. The van der Waals surface area contributed by atoms with Gasteiger partial charge in [0.2, 0.25) is 5.91 Å². The Morgan fingerprint density at radius 1 is 0.632 bits per heavy atom. The number of carbonyl (C=O) groups is 1. The van der Waals surface area contributed by atoms with Crippen molar-refractivity contribution in [2.45, 2.75) is 199 Å². The second-order valence-corrected chi connectivity index (χ2v) is 18.1. The number of nitrogens with one attached hydrogen (secondary N) is 1. The molecule has 3 atom stereocenters. The largest absolute Gasteiger partial charge is 0.756 e. The molecule has 8 nitrogen and oxygen atoms in total. The molecule has 0 aromatic rings. The van der Waals surface area contributed by atoms with Gasteiger partial charge in [-0.25, -0.2) is 0 Å². The average Bonchev–Trinajstić information content (AvgIpc) is 3.16.